The second kappa shape index (κ2) is 8.73. The van der Waals surface area contributed by atoms with Crippen molar-refractivity contribution in [2.75, 3.05) is 19.0 Å². The molecule has 0 spiro atoms. The van der Waals surface area contributed by atoms with E-state index >= 15 is 0 Å². The van der Waals surface area contributed by atoms with E-state index in [0.29, 0.717) is 6.54 Å². The van der Waals surface area contributed by atoms with Crippen LogP contribution in [0.1, 0.15) is 41.2 Å². The van der Waals surface area contributed by atoms with Crippen LogP contribution in [-0.2, 0) is 9.59 Å². The van der Waals surface area contributed by atoms with Crippen LogP contribution in [0.25, 0.3) is 10.1 Å². The highest BCUT2D eigenvalue weighted by Gasteiger charge is 2.32. The van der Waals surface area contributed by atoms with Gasteiger partial charge in [-0.1, -0.05) is 6.07 Å². The van der Waals surface area contributed by atoms with E-state index in [2.05, 4.69) is 28.5 Å². The predicted octanol–water partition coefficient (Wildman–Crippen LogP) is 3.10. The van der Waals surface area contributed by atoms with Crippen molar-refractivity contribution < 1.29 is 19.1 Å². The first-order chi connectivity index (χ1) is 15.0. The number of methoxy groups -OCH3 is 1. The normalized spacial score (nSPS) is 16.2. The predicted molar refractivity (Wildman–Crippen MR) is 118 cm³/mol. The van der Waals surface area contributed by atoms with Gasteiger partial charge in [0, 0.05) is 11.2 Å². The smallest absolute Gasteiger partial charge is 0.313 e. The number of nitrogens with two attached hydrogens (primary N) is 1. The summed E-state index contributed by atoms with van der Waals surface area (Å²) < 4.78 is 6.19. The van der Waals surface area contributed by atoms with E-state index in [1.165, 1.54) is 24.1 Å². The number of ether oxygens (including phenoxy) is 1. The molecule has 1 aromatic carbocycles. The molecule has 3 amide bonds. The van der Waals surface area contributed by atoms with Gasteiger partial charge in [0.25, 0.3) is 5.91 Å². The lowest BCUT2D eigenvalue weighted by atomic mass is 9.94. The van der Waals surface area contributed by atoms with Gasteiger partial charge in [-0.3, -0.25) is 14.4 Å². The van der Waals surface area contributed by atoms with E-state index in [4.69, 9.17) is 10.5 Å². The molecule has 1 aliphatic heterocycles. The molecular weight excluding hydrogens is 416 g/mol. The molecule has 160 valence electrons. The molecule has 0 bridgehead atoms. The van der Waals surface area contributed by atoms with Crippen LogP contribution in [0.4, 0.5) is 5.69 Å². The number of benzene rings is 1. The summed E-state index contributed by atoms with van der Waals surface area (Å²) >= 11 is 1.67. The number of carbonyl (C=O) groups excluding carboxylic acids is 3. The van der Waals surface area contributed by atoms with Gasteiger partial charge in [0.05, 0.1) is 25.0 Å². The zero-order valence-electron chi connectivity index (χ0n) is 17.0. The van der Waals surface area contributed by atoms with Gasteiger partial charge in [0.1, 0.15) is 5.56 Å². The molecule has 0 aliphatic carbocycles. The van der Waals surface area contributed by atoms with Gasteiger partial charge < -0.3 is 20.7 Å². The summed E-state index contributed by atoms with van der Waals surface area (Å²) in [5.74, 6) is -2.10. The van der Waals surface area contributed by atoms with Gasteiger partial charge >= 0.3 is 11.8 Å². The molecule has 3 N–H and O–H groups in total. The topological polar surface area (TPSA) is 115 Å². The number of anilines is 1. The number of hydrogen-bond acceptors (Lipinski definition) is 6. The third-order valence-corrected chi connectivity index (χ3v) is 6.28. The van der Waals surface area contributed by atoms with Gasteiger partial charge in [-0.15, -0.1) is 11.3 Å². The summed E-state index contributed by atoms with van der Waals surface area (Å²) in [5.41, 5.74) is 6.57. The highest BCUT2D eigenvalue weighted by molar-refractivity contribution is 7.17. The van der Waals surface area contributed by atoms with Crippen LogP contribution in [-0.4, -0.2) is 41.3 Å². The van der Waals surface area contributed by atoms with Crippen LogP contribution in [0.2, 0.25) is 0 Å². The fourth-order valence-electron chi connectivity index (χ4n) is 3.89. The molecule has 1 saturated heterocycles. The Morgan fingerprint density at radius 1 is 1.23 bits per heavy atom. The number of aromatic nitrogens is 1. The summed E-state index contributed by atoms with van der Waals surface area (Å²) in [6, 6.07) is 9.41. The zero-order chi connectivity index (χ0) is 22.0. The van der Waals surface area contributed by atoms with Crippen LogP contribution in [0.15, 0.2) is 41.9 Å². The maximum absolute atomic E-state index is 13.0. The first-order valence-corrected chi connectivity index (χ1v) is 10.8. The van der Waals surface area contributed by atoms with Gasteiger partial charge in [0.15, 0.2) is 0 Å². The summed E-state index contributed by atoms with van der Waals surface area (Å²) in [7, 11) is 1.36. The summed E-state index contributed by atoms with van der Waals surface area (Å²) in [4.78, 5) is 42.9. The minimum absolute atomic E-state index is 0.0210. The first-order valence-electron chi connectivity index (χ1n) is 9.91. The molecule has 1 fully saturated rings. The van der Waals surface area contributed by atoms with Crippen molar-refractivity contribution >= 4 is 44.8 Å². The standard InChI is InChI=1S/C22H22N4O4S/c1-30-21-16(19(23)27)11-15(12-24-21)25-20(28)22(29)26-8-3-2-4-17(26)13-5-6-18-14(10-13)7-9-31-18/h5-7,9-12,17H,2-4,8H2,1H3,(H2,23,27)(H,25,28)/t17-/m0/s1. The van der Waals surface area contributed by atoms with Gasteiger partial charge in [-0.25, -0.2) is 4.98 Å². The second-order valence-electron chi connectivity index (χ2n) is 7.33. The van der Waals surface area contributed by atoms with E-state index in [0.717, 1.165) is 30.2 Å². The quantitative estimate of drug-likeness (QED) is 0.608. The fraction of sp³-hybridized carbons (Fsp3) is 0.273. The molecule has 31 heavy (non-hydrogen) atoms. The second-order valence-corrected chi connectivity index (χ2v) is 8.27. The Morgan fingerprint density at radius 2 is 2.06 bits per heavy atom. The van der Waals surface area contributed by atoms with Crippen molar-refractivity contribution in [1.82, 2.24) is 9.88 Å². The number of amides is 3. The lowest BCUT2D eigenvalue weighted by Gasteiger charge is -2.35. The summed E-state index contributed by atoms with van der Waals surface area (Å²) in [6.45, 7) is 0.506. The molecule has 1 atom stereocenters. The van der Waals surface area contributed by atoms with Crippen molar-refractivity contribution in [2.24, 2.45) is 5.73 Å². The fourth-order valence-corrected chi connectivity index (χ4v) is 4.66. The number of primary amides is 1. The minimum Gasteiger partial charge on any atom is -0.480 e. The van der Waals surface area contributed by atoms with Crippen molar-refractivity contribution in [3.63, 3.8) is 0 Å². The SMILES string of the molecule is COc1ncc(NC(=O)C(=O)N2CCCC[C@H]2c2ccc3sccc3c2)cc1C(N)=O. The van der Waals surface area contributed by atoms with Crippen LogP contribution in [0.3, 0.4) is 0 Å². The molecular formula is C22H22N4O4S. The van der Waals surface area contributed by atoms with E-state index < -0.39 is 17.7 Å². The van der Waals surface area contributed by atoms with Gasteiger partial charge in [-0.05, 0) is 59.9 Å². The number of thiophene rings is 1. The number of hydrogen-bond donors (Lipinski definition) is 2. The number of piperidine rings is 1. The monoisotopic (exact) mass is 438 g/mol. The number of fused-ring (bicyclic) bond motifs is 1. The minimum atomic E-state index is -0.786. The number of nitrogens with zero attached hydrogens (tertiary/aromatic N) is 2. The molecule has 4 rings (SSSR count). The Labute approximate surface area is 183 Å². The van der Waals surface area contributed by atoms with Crippen molar-refractivity contribution in [3.8, 4) is 5.88 Å². The number of nitrogens with one attached hydrogen (secondary N) is 1. The van der Waals surface area contributed by atoms with Crippen molar-refractivity contribution in [3.05, 3.63) is 53.0 Å². The average Bonchev–Trinajstić information content (AvgIpc) is 3.26. The van der Waals surface area contributed by atoms with Crippen LogP contribution in [0.5, 0.6) is 5.88 Å². The lowest BCUT2D eigenvalue weighted by Crippen LogP contribution is -2.44. The maximum Gasteiger partial charge on any atom is 0.313 e. The molecule has 0 saturated carbocycles. The van der Waals surface area contributed by atoms with E-state index in [1.807, 2.05) is 11.4 Å². The van der Waals surface area contributed by atoms with Crippen LogP contribution in [0, 0.1) is 0 Å². The zero-order valence-corrected chi connectivity index (χ0v) is 17.8. The number of rotatable bonds is 4. The summed E-state index contributed by atoms with van der Waals surface area (Å²) in [6.07, 6.45) is 3.94. The van der Waals surface area contributed by atoms with Gasteiger partial charge in [0.2, 0.25) is 5.88 Å². The molecule has 9 heteroatoms. The Morgan fingerprint density at radius 3 is 2.84 bits per heavy atom. The molecule has 0 unspecified atom stereocenters. The number of carbonyl (C=O) groups is 3. The molecule has 2 aromatic heterocycles. The number of pyridine rings is 1. The summed E-state index contributed by atoms with van der Waals surface area (Å²) in [5, 5.41) is 5.70. The molecule has 1 aliphatic rings. The molecule has 3 heterocycles. The van der Waals surface area contributed by atoms with Crippen molar-refractivity contribution in [1.29, 1.82) is 0 Å². The first kappa shape index (κ1) is 20.8. The van der Waals surface area contributed by atoms with Crippen molar-refractivity contribution in [2.45, 2.75) is 25.3 Å². The average molecular weight is 439 g/mol. The maximum atomic E-state index is 13.0. The third-order valence-electron chi connectivity index (χ3n) is 5.39. The van der Waals surface area contributed by atoms with E-state index in [-0.39, 0.29) is 23.2 Å². The Kier molecular flexibility index (Phi) is 5.85. The van der Waals surface area contributed by atoms with E-state index in [1.54, 1.807) is 16.2 Å². The Bertz CT molecular complexity index is 1160. The lowest BCUT2D eigenvalue weighted by molar-refractivity contribution is -0.145. The largest absolute Gasteiger partial charge is 0.480 e. The molecule has 0 radical (unpaired) electrons. The van der Waals surface area contributed by atoms with Crippen LogP contribution >= 0.6 is 11.3 Å². The highest BCUT2D eigenvalue weighted by Crippen LogP contribution is 2.34. The molecule has 3 aromatic rings. The Hall–Kier alpha value is -3.46. The highest BCUT2D eigenvalue weighted by atomic mass is 32.1. The third kappa shape index (κ3) is 4.22. The van der Waals surface area contributed by atoms with E-state index in [9.17, 15) is 14.4 Å². The number of likely N-dealkylation sites (tertiary alicyclic amines) is 1. The van der Waals surface area contributed by atoms with Crippen LogP contribution < -0.4 is 15.8 Å². The molecule has 8 nitrogen and oxygen atoms in total. The van der Waals surface area contributed by atoms with Gasteiger partial charge in [-0.2, -0.15) is 0 Å². The Balaban J connectivity index is 1.54.